The molecule has 1 heterocycles. The first-order chi connectivity index (χ1) is 10.1. The van der Waals surface area contributed by atoms with Crippen LogP contribution in [0.3, 0.4) is 0 Å². The number of hydrogen-bond donors (Lipinski definition) is 0. The van der Waals surface area contributed by atoms with Gasteiger partial charge in [0.05, 0.1) is 10.5 Å². The van der Waals surface area contributed by atoms with Gasteiger partial charge in [-0.2, -0.15) is 5.26 Å². The van der Waals surface area contributed by atoms with Crippen molar-refractivity contribution < 1.29 is 4.92 Å². The zero-order chi connectivity index (χ0) is 15.2. The number of non-ortho nitro benzene ring substituents is 1. The molecule has 0 aliphatic carbocycles. The van der Waals surface area contributed by atoms with Crippen LogP contribution in [0, 0.1) is 21.4 Å². The van der Waals surface area contributed by atoms with E-state index in [9.17, 15) is 10.1 Å². The molecule has 0 N–H and O–H groups in total. The Morgan fingerprint density at radius 1 is 1.38 bits per heavy atom. The third-order valence-corrected chi connectivity index (χ3v) is 3.13. The molecule has 0 fully saturated rings. The molecule has 1 aromatic carbocycles. The molecular formula is C15H14N4O2. The molecule has 6 nitrogen and oxygen atoms in total. The van der Waals surface area contributed by atoms with Crippen molar-refractivity contribution in [3.63, 3.8) is 0 Å². The van der Waals surface area contributed by atoms with E-state index < -0.39 is 4.92 Å². The van der Waals surface area contributed by atoms with Crippen LogP contribution in [0.1, 0.15) is 11.1 Å². The zero-order valence-electron chi connectivity index (χ0n) is 11.6. The molecule has 106 valence electrons. The van der Waals surface area contributed by atoms with E-state index in [4.69, 9.17) is 5.26 Å². The van der Waals surface area contributed by atoms with Gasteiger partial charge in [-0.15, -0.1) is 0 Å². The molecule has 0 bridgehead atoms. The molecule has 2 aromatic rings. The Balaban J connectivity index is 2.08. The number of nitriles is 1. The summed E-state index contributed by atoms with van der Waals surface area (Å²) >= 11 is 0. The van der Waals surface area contributed by atoms with E-state index in [0.717, 1.165) is 5.56 Å². The van der Waals surface area contributed by atoms with E-state index in [0.29, 0.717) is 24.3 Å². The highest BCUT2D eigenvalue weighted by atomic mass is 16.6. The predicted molar refractivity (Wildman–Crippen MR) is 79.0 cm³/mol. The standard InChI is InChI=1S/C15H14N4O2/c1-18(15-13(11-16)5-3-8-17-15)9-7-12-4-2-6-14(10-12)19(20)21/h2-6,8,10H,7,9H2,1H3. The lowest BCUT2D eigenvalue weighted by Crippen LogP contribution is -2.22. The maximum atomic E-state index is 10.7. The molecule has 0 spiro atoms. The van der Waals surface area contributed by atoms with Crippen LogP contribution < -0.4 is 4.90 Å². The monoisotopic (exact) mass is 282 g/mol. The fourth-order valence-corrected chi connectivity index (χ4v) is 2.02. The molecule has 2 rings (SSSR count). The number of pyridine rings is 1. The first-order valence-electron chi connectivity index (χ1n) is 6.41. The van der Waals surface area contributed by atoms with Crippen molar-refractivity contribution in [2.24, 2.45) is 0 Å². The molecule has 0 aliphatic heterocycles. The number of nitro benzene ring substituents is 1. The average Bonchev–Trinajstić information content (AvgIpc) is 2.52. The number of aromatic nitrogens is 1. The summed E-state index contributed by atoms with van der Waals surface area (Å²) in [6.07, 6.45) is 2.28. The lowest BCUT2D eigenvalue weighted by Gasteiger charge is -2.18. The number of nitro groups is 1. The molecular weight excluding hydrogens is 268 g/mol. The van der Waals surface area contributed by atoms with Gasteiger partial charge in [0.1, 0.15) is 11.9 Å². The van der Waals surface area contributed by atoms with Gasteiger partial charge in [-0.25, -0.2) is 4.98 Å². The molecule has 6 heteroatoms. The number of benzene rings is 1. The lowest BCUT2D eigenvalue weighted by molar-refractivity contribution is -0.384. The van der Waals surface area contributed by atoms with Crippen molar-refractivity contribution >= 4 is 11.5 Å². The summed E-state index contributed by atoms with van der Waals surface area (Å²) < 4.78 is 0. The first-order valence-corrected chi connectivity index (χ1v) is 6.41. The van der Waals surface area contributed by atoms with Crippen LogP contribution in [0.15, 0.2) is 42.6 Å². The molecule has 0 unspecified atom stereocenters. The Labute approximate surface area is 122 Å². The Morgan fingerprint density at radius 2 is 2.19 bits per heavy atom. The van der Waals surface area contributed by atoms with Gasteiger partial charge in [0.25, 0.3) is 5.69 Å². The molecule has 0 radical (unpaired) electrons. The van der Waals surface area contributed by atoms with Crippen molar-refractivity contribution in [3.05, 3.63) is 63.8 Å². The molecule has 0 atom stereocenters. The van der Waals surface area contributed by atoms with Crippen LogP contribution in [0.2, 0.25) is 0 Å². The Kier molecular flexibility index (Phi) is 4.46. The largest absolute Gasteiger partial charge is 0.358 e. The van der Waals surface area contributed by atoms with E-state index in [1.807, 2.05) is 18.0 Å². The third kappa shape index (κ3) is 3.54. The summed E-state index contributed by atoms with van der Waals surface area (Å²) in [5.74, 6) is 0.616. The first kappa shape index (κ1) is 14.5. The molecule has 1 aromatic heterocycles. The smallest absolute Gasteiger partial charge is 0.269 e. The maximum absolute atomic E-state index is 10.7. The van der Waals surface area contributed by atoms with Crippen LogP contribution >= 0.6 is 0 Å². The summed E-state index contributed by atoms with van der Waals surface area (Å²) in [7, 11) is 1.85. The highest BCUT2D eigenvalue weighted by molar-refractivity contribution is 5.53. The Bertz CT molecular complexity index is 694. The zero-order valence-corrected chi connectivity index (χ0v) is 11.6. The third-order valence-electron chi connectivity index (χ3n) is 3.13. The van der Waals surface area contributed by atoms with Crippen LogP contribution in [-0.4, -0.2) is 23.5 Å². The van der Waals surface area contributed by atoms with Gasteiger partial charge in [0, 0.05) is 31.9 Å². The molecule has 0 amide bonds. The second kappa shape index (κ2) is 6.48. The maximum Gasteiger partial charge on any atom is 0.269 e. The molecule has 21 heavy (non-hydrogen) atoms. The number of likely N-dealkylation sites (N-methyl/N-ethyl adjacent to an activating group) is 1. The second-order valence-electron chi connectivity index (χ2n) is 4.58. The fraction of sp³-hybridized carbons (Fsp3) is 0.200. The molecule has 0 aliphatic rings. The van der Waals surface area contributed by atoms with Crippen molar-refractivity contribution in [2.45, 2.75) is 6.42 Å². The van der Waals surface area contributed by atoms with Gasteiger partial charge in [0.2, 0.25) is 0 Å². The molecule has 0 saturated carbocycles. The number of nitrogens with zero attached hydrogens (tertiary/aromatic N) is 4. The van der Waals surface area contributed by atoms with E-state index in [1.165, 1.54) is 6.07 Å². The minimum absolute atomic E-state index is 0.0886. The Morgan fingerprint density at radius 3 is 2.90 bits per heavy atom. The quantitative estimate of drug-likeness (QED) is 0.621. The van der Waals surface area contributed by atoms with Crippen LogP contribution in [0.5, 0.6) is 0 Å². The van der Waals surface area contributed by atoms with Crippen LogP contribution in [0.4, 0.5) is 11.5 Å². The summed E-state index contributed by atoms with van der Waals surface area (Å²) in [4.78, 5) is 16.4. The van der Waals surface area contributed by atoms with Gasteiger partial charge in [-0.05, 0) is 24.1 Å². The van der Waals surface area contributed by atoms with Gasteiger partial charge in [-0.3, -0.25) is 10.1 Å². The highest BCUT2D eigenvalue weighted by Gasteiger charge is 2.10. The van der Waals surface area contributed by atoms with Crippen molar-refractivity contribution in [2.75, 3.05) is 18.5 Å². The minimum Gasteiger partial charge on any atom is -0.358 e. The van der Waals surface area contributed by atoms with Gasteiger partial charge >= 0.3 is 0 Å². The fourth-order valence-electron chi connectivity index (χ4n) is 2.02. The van der Waals surface area contributed by atoms with Crippen LogP contribution in [-0.2, 0) is 6.42 Å². The van der Waals surface area contributed by atoms with Crippen molar-refractivity contribution in [1.82, 2.24) is 4.98 Å². The summed E-state index contributed by atoms with van der Waals surface area (Å²) in [5, 5.41) is 19.8. The summed E-state index contributed by atoms with van der Waals surface area (Å²) in [6, 6.07) is 12.1. The predicted octanol–water partition coefficient (Wildman–Crippen LogP) is 2.54. The van der Waals surface area contributed by atoms with Gasteiger partial charge in [0.15, 0.2) is 0 Å². The second-order valence-corrected chi connectivity index (χ2v) is 4.58. The number of hydrogen-bond acceptors (Lipinski definition) is 5. The normalized spacial score (nSPS) is 9.90. The van der Waals surface area contributed by atoms with Crippen molar-refractivity contribution in [3.8, 4) is 6.07 Å². The highest BCUT2D eigenvalue weighted by Crippen LogP contribution is 2.17. The topological polar surface area (TPSA) is 83.1 Å². The van der Waals surface area contributed by atoms with Gasteiger partial charge in [-0.1, -0.05) is 12.1 Å². The summed E-state index contributed by atoms with van der Waals surface area (Å²) in [5.41, 5.74) is 1.48. The van der Waals surface area contributed by atoms with Gasteiger partial charge < -0.3 is 4.90 Å². The van der Waals surface area contributed by atoms with Crippen molar-refractivity contribution in [1.29, 1.82) is 5.26 Å². The van der Waals surface area contributed by atoms with E-state index in [1.54, 1.807) is 30.5 Å². The average molecular weight is 282 g/mol. The van der Waals surface area contributed by atoms with E-state index >= 15 is 0 Å². The van der Waals surface area contributed by atoms with E-state index in [2.05, 4.69) is 11.1 Å². The summed E-state index contributed by atoms with van der Waals surface area (Å²) in [6.45, 7) is 0.618. The lowest BCUT2D eigenvalue weighted by atomic mass is 10.1. The molecule has 0 saturated heterocycles. The number of rotatable bonds is 5. The Hall–Kier alpha value is -2.94. The minimum atomic E-state index is -0.403. The van der Waals surface area contributed by atoms with Crippen LogP contribution in [0.25, 0.3) is 0 Å². The van der Waals surface area contributed by atoms with E-state index in [-0.39, 0.29) is 5.69 Å². The SMILES string of the molecule is CN(CCc1cccc([N+](=O)[O-])c1)c1ncccc1C#N. The number of anilines is 1.